The van der Waals surface area contributed by atoms with E-state index in [1.165, 1.54) is 6.07 Å². The summed E-state index contributed by atoms with van der Waals surface area (Å²) in [6, 6.07) is 3.39. The zero-order chi connectivity index (χ0) is 14.1. The van der Waals surface area contributed by atoms with E-state index in [0.717, 1.165) is 17.6 Å². The molecule has 2 N–H and O–H groups in total. The van der Waals surface area contributed by atoms with E-state index >= 15 is 0 Å². The van der Waals surface area contributed by atoms with Crippen LogP contribution in [-0.2, 0) is 6.18 Å². The molecule has 2 aromatic heterocycles. The lowest BCUT2D eigenvalue weighted by Crippen LogP contribution is -2.29. The van der Waals surface area contributed by atoms with Gasteiger partial charge in [0.25, 0.3) is 5.82 Å². The van der Waals surface area contributed by atoms with Crippen molar-refractivity contribution in [1.82, 2.24) is 19.8 Å². The van der Waals surface area contributed by atoms with Crippen LogP contribution in [0.2, 0.25) is 0 Å². The van der Waals surface area contributed by atoms with Gasteiger partial charge in [0.15, 0.2) is 5.65 Å². The molecule has 1 saturated carbocycles. The summed E-state index contributed by atoms with van der Waals surface area (Å²) in [6.45, 7) is 1.49. The maximum atomic E-state index is 12.8. The van der Waals surface area contributed by atoms with Crippen molar-refractivity contribution >= 4 is 11.5 Å². The number of alkyl halides is 3. The number of fused-ring (bicyclic) bond motifs is 2. The summed E-state index contributed by atoms with van der Waals surface area (Å²) in [5, 5.41) is 10.7. The molecule has 1 aliphatic carbocycles. The van der Waals surface area contributed by atoms with E-state index in [1.54, 1.807) is 6.07 Å². The Bertz CT molecular complexity index is 668. The van der Waals surface area contributed by atoms with Crippen LogP contribution in [0.4, 0.5) is 19.0 Å². The molecule has 2 fully saturated rings. The number of nitrogens with two attached hydrogens (primary N) is 1. The lowest BCUT2D eigenvalue weighted by Gasteiger charge is -2.19. The number of hydrogen-bond acceptors (Lipinski definition) is 5. The second-order valence-electron chi connectivity index (χ2n) is 5.29. The molecule has 106 valence electrons. The second-order valence-corrected chi connectivity index (χ2v) is 5.29. The van der Waals surface area contributed by atoms with Gasteiger partial charge in [0.1, 0.15) is 5.82 Å². The van der Waals surface area contributed by atoms with Crippen molar-refractivity contribution in [3.63, 3.8) is 0 Å². The number of aromatic nitrogens is 4. The summed E-state index contributed by atoms with van der Waals surface area (Å²) in [5.41, 5.74) is 5.93. The Balaban J connectivity index is 1.71. The first-order valence-electron chi connectivity index (χ1n) is 6.25. The standard InChI is InChI=1S/C11H11F3N6/c12-11(13,14)10-17-16-7-1-2-8(18-20(7)10)19-3-5-6(4-19)9(5)15/h1-2,5-6,9H,3-4,15H2/t5-,6+,9?. The molecule has 0 spiro atoms. The monoisotopic (exact) mass is 284 g/mol. The van der Waals surface area contributed by atoms with E-state index in [1.807, 2.05) is 4.90 Å². The molecule has 2 aliphatic rings. The third kappa shape index (κ3) is 1.59. The van der Waals surface area contributed by atoms with Crippen LogP contribution in [0.1, 0.15) is 5.82 Å². The Kier molecular flexibility index (Phi) is 2.14. The Hall–Kier alpha value is -1.90. The van der Waals surface area contributed by atoms with Crippen molar-refractivity contribution in [3.8, 4) is 0 Å². The average molecular weight is 284 g/mol. The number of halogens is 3. The molecule has 3 heterocycles. The van der Waals surface area contributed by atoms with Gasteiger partial charge >= 0.3 is 6.18 Å². The van der Waals surface area contributed by atoms with Crippen LogP contribution in [0.25, 0.3) is 5.65 Å². The van der Waals surface area contributed by atoms with Crippen molar-refractivity contribution in [3.05, 3.63) is 18.0 Å². The molecule has 4 rings (SSSR count). The summed E-state index contributed by atoms with van der Waals surface area (Å²) in [4.78, 5) is 1.96. The SMILES string of the molecule is NC1[C@H]2CN(c3ccc4nnc(C(F)(F)F)n4n3)C[C@@H]12. The van der Waals surface area contributed by atoms with Gasteiger partial charge in [-0.1, -0.05) is 0 Å². The molecule has 2 aromatic rings. The summed E-state index contributed by atoms with van der Waals surface area (Å²) >= 11 is 0. The van der Waals surface area contributed by atoms with Gasteiger partial charge in [0.05, 0.1) is 0 Å². The quantitative estimate of drug-likeness (QED) is 0.827. The zero-order valence-electron chi connectivity index (χ0n) is 10.2. The van der Waals surface area contributed by atoms with E-state index in [4.69, 9.17) is 5.73 Å². The fraction of sp³-hybridized carbons (Fsp3) is 0.545. The smallest absolute Gasteiger partial charge is 0.354 e. The van der Waals surface area contributed by atoms with E-state index in [9.17, 15) is 13.2 Å². The Labute approximate surface area is 111 Å². The molecule has 0 bridgehead atoms. The fourth-order valence-electron chi connectivity index (χ4n) is 2.88. The number of nitrogens with zero attached hydrogens (tertiary/aromatic N) is 5. The van der Waals surface area contributed by atoms with Crippen molar-refractivity contribution in [2.45, 2.75) is 12.2 Å². The van der Waals surface area contributed by atoms with Gasteiger partial charge in [-0.2, -0.15) is 17.7 Å². The Morgan fingerprint density at radius 3 is 2.50 bits per heavy atom. The van der Waals surface area contributed by atoms with Gasteiger partial charge in [-0.05, 0) is 24.0 Å². The zero-order valence-corrected chi connectivity index (χ0v) is 10.2. The molecule has 6 nitrogen and oxygen atoms in total. The van der Waals surface area contributed by atoms with E-state index in [2.05, 4.69) is 15.3 Å². The fourth-order valence-corrected chi connectivity index (χ4v) is 2.88. The highest BCUT2D eigenvalue weighted by atomic mass is 19.4. The second kappa shape index (κ2) is 3.60. The maximum absolute atomic E-state index is 12.8. The molecular weight excluding hydrogens is 273 g/mol. The minimum absolute atomic E-state index is 0.0853. The first kappa shape index (κ1) is 11.9. The van der Waals surface area contributed by atoms with Gasteiger partial charge in [0, 0.05) is 19.1 Å². The summed E-state index contributed by atoms with van der Waals surface area (Å²) < 4.78 is 39.1. The molecule has 1 aliphatic heterocycles. The predicted octanol–water partition coefficient (Wildman–Crippen LogP) is 0.536. The normalized spacial score (nSPS) is 29.0. The average Bonchev–Trinajstić information content (AvgIpc) is 2.86. The highest BCUT2D eigenvalue weighted by Gasteiger charge is 2.54. The van der Waals surface area contributed by atoms with Crippen molar-refractivity contribution < 1.29 is 13.2 Å². The molecule has 3 atom stereocenters. The summed E-state index contributed by atoms with van der Waals surface area (Å²) in [5.74, 6) is 0.281. The summed E-state index contributed by atoms with van der Waals surface area (Å²) in [6.07, 6.45) is -4.57. The molecule has 9 heteroatoms. The van der Waals surface area contributed by atoms with Gasteiger partial charge in [-0.25, -0.2) is 0 Å². The molecule has 1 saturated heterocycles. The molecule has 1 unspecified atom stereocenters. The largest absolute Gasteiger partial charge is 0.453 e. The van der Waals surface area contributed by atoms with Crippen LogP contribution in [0, 0.1) is 11.8 Å². The van der Waals surface area contributed by atoms with Gasteiger partial charge in [0.2, 0.25) is 0 Å². The third-order valence-corrected chi connectivity index (χ3v) is 4.09. The van der Waals surface area contributed by atoms with E-state index in [-0.39, 0.29) is 11.7 Å². The first-order chi connectivity index (χ1) is 9.45. The lowest BCUT2D eigenvalue weighted by molar-refractivity contribution is -0.146. The van der Waals surface area contributed by atoms with Crippen molar-refractivity contribution in [2.24, 2.45) is 17.6 Å². The predicted molar refractivity (Wildman–Crippen MR) is 63.0 cm³/mol. The van der Waals surface area contributed by atoms with Crippen LogP contribution < -0.4 is 10.6 Å². The van der Waals surface area contributed by atoms with Crippen LogP contribution in [0.15, 0.2) is 12.1 Å². The number of anilines is 1. The maximum Gasteiger partial charge on any atom is 0.453 e. The minimum atomic E-state index is -4.57. The van der Waals surface area contributed by atoms with Gasteiger partial charge in [-0.3, -0.25) is 0 Å². The minimum Gasteiger partial charge on any atom is -0.354 e. The third-order valence-electron chi connectivity index (χ3n) is 4.09. The highest BCUT2D eigenvalue weighted by molar-refractivity contribution is 5.48. The van der Waals surface area contributed by atoms with E-state index < -0.39 is 12.0 Å². The van der Waals surface area contributed by atoms with Crippen LogP contribution >= 0.6 is 0 Å². The Morgan fingerprint density at radius 2 is 1.85 bits per heavy atom. The molecular formula is C11H11F3N6. The number of rotatable bonds is 1. The van der Waals surface area contributed by atoms with Crippen LogP contribution in [0.3, 0.4) is 0 Å². The van der Waals surface area contributed by atoms with Crippen LogP contribution in [-0.4, -0.2) is 38.9 Å². The van der Waals surface area contributed by atoms with Crippen molar-refractivity contribution in [2.75, 3.05) is 18.0 Å². The topological polar surface area (TPSA) is 72.3 Å². The molecule has 0 radical (unpaired) electrons. The van der Waals surface area contributed by atoms with Gasteiger partial charge in [-0.15, -0.1) is 15.3 Å². The molecule has 20 heavy (non-hydrogen) atoms. The Morgan fingerprint density at radius 1 is 1.15 bits per heavy atom. The first-order valence-corrected chi connectivity index (χ1v) is 6.25. The molecule has 0 amide bonds. The van der Waals surface area contributed by atoms with Crippen LogP contribution in [0.5, 0.6) is 0 Å². The number of piperidine rings is 1. The van der Waals surface area contributed by atoms with Gasteiger partial charge < -0.3 is 10.6 Å². The highest BCUT2D eigenvalue weighted by Crippen LogP contribution is 2.44. The molecule has 0 aromatic carbocycles. The lowest BCUT2D eigenvalue weighted by atomic mass is 10.4. The summed E-state index contributed by atoms with van der Waals surface area (Å²) in [7, 11) is 0. The van der Waals surface area contributed by atoms with E-state index in [0.29, 0.717) is 17.7 Å². The number of hydrogen-bond donors (Lipinski definition) is 1. The van der Waals surface area contributed by atoms with Crippen molar-refractivity contribution in [1.29, 1.82) is 0 Å².